The third-order valence-electron chi connectivity index (χ3n) is 3.25. The number of rotatable bonds is 6. The zero-order chi connectivity index (χ0) is 14.6. The quantitative estimate of drug-likeness (QED) is 0.660. The van der Waals surface area contributed by atoms with Gasteiger partial charge in [0.1, 0.15) is 0 Å². The second-order valence-corrected chi connectivity index (χ2v) is 5.09. The van der Waals surface area contributed by atoms with Crippen molar-refractivity contribution >= 4 is 12.0 Å². The van der Waals surface area contributed by atoms with Crippen LogP contribution in [-0.4, -0.2) is 38.2 Å². The molecule has 1 aliphatic carbocycles. The van der Waals surface area contributed by atoms with Crippen molar-refractivity contribution in [2.24, 2.45) is 11.8 Å². The van der Waals surface area contributed by atoms with Crippen LogP contribution >= 0.6 is 0 Å². The minimum Gasteiger partial charge on any atom is -0.453 e. The Morgan fingerprint density at radius 2 is 2.00 bits per heavy atom. The average molecular weight is 269 g/mol. The van der Waals surface area contributed by atoms with E-state index in [2.05, 4.69) is 27.3 Å². The van der Waals surface area contributed by atoms with Crippen LogP contribution in [0, 0.1) is 11.8 Å². The molecule has 0 spiro atoms. The number of amides is 2. The van der Waals surface area contributed by atoms with Crippen LogP contribution in [0.1, 0.15) is 20.3 Å². The minimum absolute atomic E-state index is 0.00677. The van der Waals surface area contributed by atoms with Crippen molar-refractivity contribution in [2.45, 2.75) is 32.4 Å². The average Bonchev–Trinajstić information content (AvgIpc) is 3.13. The highest BCUT2D eigenvalue weighted by atomic mass is 16.5. The Hall–Kier alpha value is -1.72. The molecular weight excluding hydrogens is 246 g/mol. The van der Waals surface area contributed by atoms with E-state index < -0.39 is 6.09 Å². The van der Waals surface area contributed by atoms with Crippen molar-refractivity contribution in [3.8, 4) is 0 Å². The molecule has 1 unspecified atom stereocenters. The van der Waals surface area contributed by atoms with Crippen LogP contribution in [0.4, 0.5) is 4.79 Å². The van der Waals surface area contributed by atoms with Crippen molar-refractivity contribution in [1.29, 1.82) is 0 Å². The lowest BCUT2D eigenvalue weighted by molar-refractivity contribution is -0.121. The highest BCUT2D eigenvalue weighted by molar-refractivity contribution is 5.82. The van der Waals surface area contributed by atoms with Crippen LogP contribution in [-0.2, 0) is 9.53 Å². The van der Waals surface area contributed by atoms with E-state index in [1.165, 1.54) is 7.11 Å². The van der Waals surface area contributed by atoms with E-state index in [0.717, 1.165) is 6.42 Å². The first-order valence-corrected chi connectivity index (χ1v) is 6.42. The number of hydrogen-bond donors (Lipinski definition) is 3. The Morgan fingerprint density at radius 1 is 1.37 bits per heavy atom. The molecule has 0 bridgehead atoms. The monoisotopic (exact) mass is 269 g/mol. The van der Waals surface area contributed by atoms with Crippen molar-refractivity contribution < 1.29 is 14.3 Å². The van der Waals surface area contributed by atoms with Crippen molar-refractivity contribution in [1.82, 2.24) is 16.0 Å². The SMILES string of the molecule is C=C(NC1C[C@@H]1C(=O)NC)[C@@H](NC(=O)OC)C(C)C. The van der Waals surface area contributed by atoms with Crippen LogP contribution in [0.3, 0.4) is 0 Å². The van der Waals surface area contributed by atoms with E-state index in [-0.39, 0.29) is 29.8 Å². The maximum absolute atomic E-state index is 11.4. The summed E-state index contributed by atoms with van der Waals surface area (Å²) >= 11 is 0. The lowest BCUT2D eigenvalue weighted by Crippen LogP contribution is -2.44. The first-order chi connectivity index (χ1) is 8.90. The molecule has 1 fully saturated rings. The molecule has 1 saturated carbocycles. The molecule has 0 aromatic rings. The summed E-state index contributed by atoms with van der Waals surface area (Å²) in [5.41, 5.74) is 0.705. The Bertz CT molecular complexity index is 368. The maximum atomic E-state index is 11.4. The molecule has 0 aromatic heterocycles. The zero-order valence-corrected chi connectivity index (χ0v) is 11.9. The van der Waals surface area contributed by atoms with E-state index >= 15 is 0 Å². The van der Waals surface area contributed by atoms with Gasteiger partial charge in [-0.05, 0) is 12.3 Å². The van der Waals surface area contributed by atoms with Crippen molar-refractivity contribution in [3.63, 3.8) is 0 Å². The molecule has 0 heterocycles. The fourth-order valence-corrected chi connectivity index (χ4v) is 2.00. The van der Waals surface area contributed by atoms with Gasteiger partial charge in [0.25, 0.3) is 0 Å². The first kappa shape index (κ1) is 15.3. The second kappa shape index (κ2) is 6.45. The van der Waals surface area contributed by atoms with E-state index in [0.29, 0.717) is 5.70 Å². The van der Waals surface area contributed by atoms with E-state index in [1.807, 2.05) is 13.8 Å². The molecule has 6 nitrogen and oxygen atoms in total. The molecule has 1 rings (SSSR count). The van der Waals surface area contributed by atoms with Crippen LogP contribution in [0.25, 0.3) is 0 Å². The van der Waals surface area contributed by atoms with Crippen LogP contribution in [0.5, 0.6) is 0 Å². The largest absolute Gasteiger partial charge is 0.453 e. The number of hydrogen-bond acceptors (Lipinski definition) is 4. The molecule has 1 aliphatic rings. The van der Waals surface area contributed by atoms with Gasteiger partial charge >= 0.3 is 6.09 Å². The zero-order valence-electron chi connectivity index (χ0n) is 11.9. The molecule has 19 heavy (non-hydrogen) atoms. The van der Waals surface area contributed by atoms with Gasteiger partial charge in [0.15, 0.2) is 0 Å². The predicted octanol–water partition coefficient (Wildman–Crippen LogP) is 0.605. The summed E-state index contributed by atoms with van der Waals surface area (Å²) in [4.78, 5) is 22.7. The van der Waals surface area contributed by atoms with Crippen LogP contribution in [0.2, 0.25) is 0 Å². The molecule has 0 saturated heterocycles. The van der Waals surface area contributed by atoms with Gasteiger partial charge in [0.2, 0.25) is 5.91 Å². The highest BCUT2D eigenvalue weighted by Gasteiger charge is 2.43. The van der Waals surface area contributed by atoms with Gasteiger partial charge < -0.3 is 20.7 Å². The highest BCUT2D eigenvalue weighted by Crippen LogP contribution is 2.31. The van der Waals surface area contributed by atoms with Gasteiger partial charge in [-0.2, -0.15) is 0 Å². The molecule has 0 aliphatic heterocycles. The summed E-state index contributed by atoms with van der Waals surface area (Å²) in [5, 5.41) is 8.56. The van der Waals surface area contributed by atoms with Gasteiger partial charge in [0.05, 0.1) is 19.1 Å². The molecule has 0 radical (unpaired) electrons. The summed E-state index contributed by atoms with van der Waals surface area (Å²) in [7, 11) is 2.95. The second-order valence-electron chi connectivity index (χ2n) is 5.09. The number of methoxy groups -OCH3 is 1. The van der Waals surface area contributed by atoms with Crippen LogP contribution in [0.15, 0.2) is 12.3 Å². The standard InChI is InChI=1S/C13H23N3O3/c1-7(2)11(16-13(18)19-5)8(3)15-10-6-9(10)12(17)14-4/h7,9-11,15H,3,6H2,1-2,4-5H3,(H,14,17)(H,16,18)/t9-,10?,11-/m0/s1. The summed E-state index contributed by atoms with van der Waals surface area (Å²) in [6.07, 6.45) is 0.308. The Labute approximate surface area is 114 Å². The van der Waals surface area contributed by atoms with Crippen LogP contribution < -0.4 is 16.0 Å². The van der Waals surface area contributed by atoms with Gasteiger partial charge in [-0.1, -0.05) is 20.4 Å². The third kappa shape index (κ3) is 4.15. The van der Waals surface area contributed by atoms with Crippen molar-refractivity contribution in [2.75, 3.05) is 14.2 Å². The summed E-state index contributed by atoms with van der Waals surface area (Å²) < 4.78 is 4.60. The number of alkyl carbamates (subject to hydrolysis) is 1. The fraction of sp³-hybridized carbons (Fsp3) is 0.692. The van der Waals surface area contributed by atoms with E-state index in [1.54, 1.807) is 7.05 Å². The predicted molar refractivity (Wildman–Crippen MR) is 72.4 cm³/mol. The molecule has 108 valence electrons. The topological polar surface area (TPSA) is 79.5 Å². The smallest absolute Gasteiger partial charge is 0.407 e. The number of carbonyl (C=O) groups excluding carboxylic acids is 2. The van der Waals surface area contributed by atoms with Gasteiger partial charge in [-0.25, -0.2) is 4.79 Å². The summed E-state index contributed by atoms with van der Waals surface area (Å²) in [6, 6.07) is -0.119. The normalized spacial score (nSPS) is 22.4. The summed E-state index contributed by atoms with van der Waals surface area (Å²) in [6.45, 7) is 7.92. The Kier molecular flexibility index (Phi) is 5.20. The first-order valence-electron chi connectivity index (χ1n) is 6.42. The molecule has 3 N–H and O–H groups in total. The molecular formula is C13H23N3O3. The summed E-state index contributed by atoms with van der Waals surface area (Å²) in [5.74, 6) is 0.205. The lowest BCUT2D eigenvalue weighted by Gasteiger charge is -2.25. The molecule has 0 aromatic carbocycles. The Morgan fingerprint density at radius 3 is 2.47 bits per heavy atom. The van der Waals surface area contributed by atoms with E-state index in [4.69, 9.17) is 0 Å². The third-order valence-corrected chi connectivity index (χ3v) is 3.25. The lowest BCUT2D eigenvalue weighted by atomic mass is 10.0. The van der Waals surface area contributed by atoms with Crippen molar-refractivity contribution in [3.05, 3.63) is 12.3 Å². The number of carbonyl (C=O) groups is 2. The van der Waals surface area contributed by atoms with Gasteiger partial charge in [-0.15, -0.1) is 0 Å². The van der Waals surface area contributed by atoms with Gasteiger partial charge in [0, 0.05) is 18.8 Å². The molecule has 2 amide bonds. The number of ether oxygens (including phenoxy) is 1. The Balaban J connectivity index is 2.50. The fourth-order valence-electron chi connectivity index (χ4n) is 2.00. The van der Waals surface area contributed by atoms with Gasteiger partial charge in [-0.3, -0.25) is 4.79 Å². The molecule has 3 atom stereocenters. The maximum Gasteiger partial charge on any atom is 0.407 e. The molecule has 6 heteroatoms. The minimum atomic E-state index is -0.486. The number of nitrogens with one attached hydrogen (secondary N) is 3. The van der Waals surface area contributed by atoms with E-state index in [9.17, 15) is 9.59 Å².